The van der Waals surface area contributed by atoms with Crippen LogP contribution in [0.25, 0.3) is 5.69 Å². The Hall–Kier alpha value is -1.82. The zero-order valence-corrected chi connectivity index (χ0v) is 14.8. The molecule has 1 aliphatic carbocycles. The molecule has 1 N–H and O–H groups in total. The SMILES string of the molecule is CC(Sc1nncn1-c1ccccc1)C(=O)NC1CCCCCC1. The van der Waals surface area contributed by atoms with Gasteiger partial charge < -0.3 is 5.32 Å². The van der Waals surface area contributed by atoms with Crippen molar-refractivity contribution >= 4 is 17.7 Å². The highest BCUT2D eigenvalue weighted by Gasteiger charge is 2.21. The number of aromatic nitrogens is 3. The second-order valence-corrected chi connectivity index (χ2v) is 7.58. The molecule has 1 unspecified atom stereocenters. The average molecular weight is 344 g/mol. The van der Waals surface area contributed by atoms with E-state index in [0.717, 1.165) is 23.7 Å². The third-order valence-corrected chi connectivity index (χ3v) is 5.46. The lowest BCUT2D eigenvalue weighted by Gasteiger charge is -2.19. The normalized spacial score (nSPS) is 17.2. The Bertz CT molecular complexity index is 650. The first-order valence-corrected chi connectivity index (χ1v) is 9.54. The van der Waals surface area contributed by atoms with Gasteiger partial charge in [0, 0.05) is 11.7 Å². The molecule has 6 heteroatoms. The van der Waals surface area contributed by atoms with Gasteiger partial charge in [0.15, 0.2) is 5.16 Å². The Morgan fingerprint density at radius 2 is 1.92 bits per heavy atom. The fourth-order valence-electron chi connectivity index (χ4n) is 3.02. The quantitative estimate of drug-likeness (QED) is 0.665. The van der Waals surface area contributed by atoms with Gasteiger partial charge in [-0.1, -0.05) is 55.6 Å². The Kier molecular flexibility index (Phi) is 5.91. The topological polar surface area (TPSA) is 59.8 Å². The molecule has 3 rings (SSSR count). The number of carbonyl (C=O) groups is 1. The largest absolute Gasteiger partial charge is 0.352 e. The number of benzene rings is 1. The third-order valence-electron chi connectivity index (χ3n) is 4.40. The van der Waals surface area contributed by atoms with E-state index in [1.165, 1.54) is 37.4 Å². The van der Waals surface area contributed by atoms with E-state index in [-0.39, 0.29) is 11.2 Å². The van der Waals surface area contributed by atoms with Crippen molar-refractivity contribution in [2.75, 3.05) is 0 Å². The number of thioether (sulfide) groups is 1. The second kappa shape index (κ2) is 8.33. The number of nitrogens with zero attached hydrogens (tertiary/aromatic N) is 3. The van der Waals surface area contributed by atoms with Crippen LogP contribution in [0.3, 0.4) is 0 Å². The van der Waals surface area contributed by atoms with Gasteiger partial charge in [-0.2, -0.15) is 0 Å². The Morgan fingerprint density at radius 3 is 2.62 bits per heavy atom. The maximum absolute atomic E-state index is 12.5. The maximum Gasteiger partial charge on any atom is 0.233 e. The molecule has 0 radical (unpaired) electrons. The predicted molar refractivity (Wildman–Crippen MR) is 96.3 cm³/mol. The summed E-state index contributed by atoms with van der Waals surface area (Å²) in [6.07, 6.45) is 8.90. The molecule has 24 heavy (non-hydrogen) atoms. The van der Waals surface area contributed by atoms with Crippen molar-refractivity contribution in [3.05, 3.63) is 36.7 Å². The zero-order chi connectivity index (χ0) is 16.8. The van der Waals surface area contributed by atoms with Gasteiger partial charge in [-0.25, -0.2) is 0 Å². The van der Waals surface area contributed by atoms with Crippen LogP contribution in [0.4, 0.5) is 0 Å². The zero-order valence-electron chi connectivity index (χ0n) is 14.0. The van der Waals surface area contributed by atoms with Crippen molar-refractivity contribution in [2.24, 2.45) is 0 Å². The van der Waals surface area contributed by atoms with Crippen molar-refractivity contribution in [3.63, 3.8) is 0 Å². The predicted octanol–water partition coefficient (Wildman–Crippen LogP) is 3.59. The molecule has 1 fully saturated rings. The molecule has 1 aromatic carbocycles. The first kappa shape index (κ1) is 17.0. The minimum absolute atomic E-state index is 0.0921. The summed E-state index contributed by atoms with van der Waals surface area (Å²) in [5.41, 5.74) is 1.00. The van der Waals surface area contributed by atoms with Gasteiger partial charge >= 0.3 is 0 Å². The summed E-state index contributed by atoms with van der Waals surface area (Å²) in [5, 5.41) is 11.9. The highest BCUT2D eigenvalue weighted by molar-refractivity contribution is 8.00. The van der Waals surface area contributed by atoms with E-state index >= 15 is 0 Å². The molecule has 1 heterocycles. The van der Waals surface area contributed by atoms with Gasteiger partial charge in [0.05, 0.1) is 5.25 Å². The van der Waals surface area contributed by atoms with Crippen LogP contribution in [0.1, 0.15) is 45.4 Å². The minimum atomic E-state index is -0.195. The first-order valence-electron chi connectivity index (χ1n) is 8.66. The molecule has 0 bridgehead atoms. The molecule has 1 aliphatic rings. The van der Waals surface area contributed by atoms with E-state index in [2.05, 4.69) is 15.5 Å². The van der Waals surface area contributed by atoms with Crippen molar-refractivity contribution in [1.29, 1.82) is 0 Å². The van der Waals surface area contributed by atoms with Crippen molar-refractivity contribution < 1.29 is 4.79 Å². The fraction of sp³-hybridized carbons (Fsp3) is 0.500. The van der Waals surface area contributed by atoms with E-state index in [1.54, 1.807) is 6.33 Å². The highest BCUT2D eigenvalue weighted by atomic mass is 32.2. The summed E-state index contributed by atoms with van der Waals surface area (Å²) in [4.78, 5) is 12.5. The Balaban J connectivity index is 1.61. The van der Waals surface area contributed by atoms with Gasteiger partial charge in [-0.3, -0.25) is 9.36 Å². The number of hydrogen-bond donors (Lipinski definition) is 1. The number of rotatable bonds is 5. The fourth-order valence-corrected chi connectivity index (χ4v) is 3.88. The number of carbonyl (C=O) groups excluding carboxylic acids is 1. The number of nitrogens with one attached hydrogen (secondary N) is 1. The van der Waals surface area contributed by atoms with Gasteiger partial charge in [-0.15, -0.1) is 10.2 Å². The summed E-state index contributed by atoms with van der Waals surface area (Å²) in [7, 11) is 0. The Morgan fingerprint density at radius 1 is 1.21 bits per heavy atom. The van der Waals surface area contributed by atoms with Crippen LogP contribution < -0.4 is 5.32 Å². The monoisotopic (exact) mass is 344 g/mol. The van der Waals surface area contributed by atoms with E-state index in [4.69, 9.17) is 0 Å². The van der Waals surface area contributed by atoms with Gasteiger partial charge in [0.25, 0.3) is 0 Å². The first-order chi connectivity index (χ1) is 11.7. The summed E-state index contributed by atoms with van der Waals surface area (Å²) < 4.78 is 1.92. The van der Waals surface area contributed by atoms with Crippen LogP contribution in [-0.4, -0.2) is 32.0 Å². The van der Waals surface area contributed by atoms with Gasteiger partial charge in [0.1, 0.15) is 6.33 Å². The van der Waals surface area contributed by atoms with E-state index in [1.807, 2.05) is 41.8 Å². The maximum atomic E-state index is 12.5. The summed E-state index contributed by atoms with van der Waals surface area (Å²) in [5.74, 6) is 0.0921. The molecule has 2 aromatic rings. The highest BCUT2D eigenvalue weighted by Crippen LogP contribution is 2.24. The minimum Gasteiger partial charge on any atom is -0.352 e. The van der Waals surface area contributed by atoms with Gasteiger partial charge in [-0.05, 0) is 31.9 Å². The molecule has 1 saturated carbocycles. The summed E-state index contributed by atoms with van der Waals surface area (Å²) >= 11 is 1.45. The average Bonchev–Trinajstić information content (AvgIpc) is 2.91. The molecule has 1 amide bonds. The van der Waals surface area contributed by atoms with Crippen LogP contribution in [0, 0.1) is 0 Å². The molecular weight excluding hydrogens is 320 g/mol. The lowest BCUT2D eigenvalue weighted by molar-refractivity contribution is -0.121. The standard InChI is InChI=1S/C18H24N4OS/c1-14(17(23)20-15-9-5-2-3-6-10-15)24-18-21-19-13-22(18)16-11-7-4-8-12-16/h4,7-8,11-15H,2-3,5-6,9-10H2,1H3,(H,20,23). The smallest absolute Gasteiger partial charge is 0.233 e. The van der Waals surface area contributed by atoms with Crippen LogP contribution in [0.5, 0.6) is 0 Å². The summed E-state index contributed by atoms with van der Waals surface area (Å²) in [6.45, 7) is 1.93. The third kappa shape index (κ3) is 4.38. The molecule has 5 nitrogen and oxygen atoms in total. The second-order valence-electron chi connectivity index (χ2n) is 6.28. The molecule has 1 atom stereocenters. The Labute approximate surface area is 147 Å². The van der Waals surface area contributed by atoms with Crippen LogP contribution in [0.2, 0.25) is 0 Å². The van der Waals surface area contributed by atoms with Crippen LogP contribution in [0.15, 0.2) is 41.8 Å². The van der Waals surface area contributed by atoms with E-state index in [0.29, 0.717) is 6.04 Å². The number of para-hydroxylation sites is 1. The lowest BCUT2D eigenvalue weighted by Crippen LogP contribution is -2.39. The van der Waals surface area contributed by atoms with Crippen molar-refractivity contribution in [1.82, 2.24) is 20.1 Å². The molecule has 0 spiro atoms. The molecule has 128 valence electrons. The van der Waals surface area contributed by atoms with E-state index in [9.17, 15) is 4.79 Å². The molecule has 0 aliphatic heterocycles. The number of hydrogen-bond acceptors (Lipinski definition) is 4. The molecule has 0 saturated heterocycles. The molecular formula is C18H24N4OS. The number of amides is 1. The van der Waals surface area contributed by atoms with Crippen molar-refractivity contribution in [2.45, 2.75) is 61.9 Å². The van der Waals surface area contributed by atoms with Gasteiger partial charge in [0.2, 0.25) is 5.91 Å². The van der Waals surface area contributed by atoms with E-state index < -0.39 is 0 Å². The lowest BCUT2D eigenvalue weighted by atomic mass is 10.1. The molecule has 1 aromatic heterocycles. The van der Waals surface area contributed by atoms with Crippen LogP contribution in [-0.2, 0) is 4.79 Å². The summed E-state index contributed by atoms with van der Waals surface area (Å²) in [6, 6.07) is 10.3. The van der Waals surface area contributed by atoms with Crippen LogP contribution >= 0.6 is 11.8 Å². The van der Waals surface area contributed by atoms with Crippen molar-refractivity contribution in [3.8, 4) is 5.69 Å².